The van der Waals surface area contributed by atoms with E-state index in [4.69, 9.17) is 10.00 Å². The molecule has 0 aromatic heterocycles. The molecule has 0 radical (unpaired) electrons. The van der Waals surface area contributed by atoms with Gasteiger partial charge in [0.05, 0.1) is 12.7 Å². The van der Waals surface area contributed by atoms with Crippen molar-refractivity contribution in [3.05, 3.63) is 12.2 Å². The number of hydrogen-bond acceptors (Lipinski definition) is 4. The summed E-state index contributed by atoms with van der Waals surface area (Å²) in [6.45, 7) is 3.53. The Hall–Kier alpha value is -1.34. The van der Waals surface area contributed by atoms with Crippen LogP contribution in [-0.4, -0.2) is 37.6 Å². The molecule has 0 saturated carbocycles. The lowest BCUT2D eigenvalue weighted by molar-refractivity contribution is -0.137. The van der Waals surface area contributed by atoms with Crippen molar-refractivity contribution < 1.29 is 9.53 Å². The number of nitriles is 1. The summed E-state index contributed by atoms with van der Waals surface area (Å²) < 4.78 is 4.71. The molecule has 0 rings (SSSR count). The van der Waals surface area contributed by atoms with Gasteiger partial charge >= 0.3 is 5.97 Å². The molecule has 14 heavy (non-hydrogen) atoms. The predicted octanol–water partition coefficient (Wildman–Crippen LogP) is 0.951. The highest BCUT2D eigenvalue weighted by molar-refractivity contribution is 5.81. The third kappa shape index (κ3) is 7.32. The molecule has 4 nitrogen and oxygen atoms in total. The molecule has 0 aliphatic rings. The van der Waals surface area contributed by atoms with Crippen LogP contribution in [0.1, 0.15) is 13.3 Å². The van der Waals surface area contributed by atoms with E-state index in [1.165, 1.54) is 6.08 Å². The average Bonchev–Trinajstić information content (AvgIpc) is 2.15. The molecule has 0 saturated heterocycles. The van der Waals surface area contributed by atoms with Gasteiger partial charge in [0.1, 0.15) is 0 Å². The summed E-state index contributed by atoms with van der Waals surface area (Å²) >= 11 is 0. The maximum atomic E-state index is 10.9. The first-order valence-corrected chi connectivity index (χ1v) is 4.59. The van der Waals surface area contributed by atoms with E-state index in [0.29, 0.717) is 26.1 Å². The predicted molar refractivity (Wildman–Crippen MR) is 53.5 cm³/mol. The van der Waals surface area contributed by atoms with Crippen molar-refractivity contribution in [2.45, 2.75) is 13.3 Å². The Labute approximate surface area is 84.8 Å². The van der Waals surface area contributed by atoms with Gasteiger partial charge in [-0.25, -0.2) is 4.79 Å². The van der Waals surface area contributed by atoms with E-state index in [1.807, 2.05) is 11.9 Å². The van der Waals surface area contributed by atoms with Crippen LogP contribution >= 0.6 is 0 Å². The monoisotopic (exact) mass is 196 g/mol. The first kappa shape index (κ1) is 12.7. The summed E-state index contributed by atoms with van der Waals surface area (Å²) in [5.41, 5.74) is 0. The molecule has 0 bridgehead atoms. The summed E-state index contributed by atoms with van der Waals surface area (Å²) in [6, 6.07) is 2.06. The Bertz CT molecular complexity index is 231. The van der Waals surface area contributed by atoms with Crippen LogP contribution in [0, 0.1) is 11.3 Å². The maximum Gasteiger partial charge on any atom is 0.330 e. The van der Waals surface area contributed by atoms with Crippen LogP contribution in [0.25, 0.3) is 0 Å². The van der Waals surface area contributed by atoms with Gasteiger partial charge in [-0.1, -0.05) is 6.08 Å². The average molecular weight is 196 g/mol. The van der Waals surface area contributed by atoms with Crippen LogP contribution in [0.2, 0.25) is 0 Å². The minimum absolute atomic E-state index is 0.318. The molecule has 0 aliphatic carbocycles. The molecule has 0 spiro atoms. The molecular formula is C10H16N2O2. The molecule has 0 aromatic rings. The summed E-state index contributed by atoms with van der Waals surface area (Å²) in [5, 5.41) is 8.33. The second kappa shape index (κ2) is 8.27. The van der Waals surface area contributed by atoms with Gasteiger partial charge in [-0.15, -0.1) is 0 Å². The van der Waals surface area contributed by atoms with Gasteiger partial charge in [0.25, 0.3) is 0 Å². The maximum absolute atomic E-state index is 10.9. The van der Waals surface area contributed by atoms with Gasteiger partial charge in [0.15, 0.2) is 0 Å². The Kier molecular flexibility index (Phi) is 7.48. The fourth-order valence-corrected chi connectivity index (χ4v) is 0.851. The lowest BCUT2D eigenvalue weighted by atomic mass is 10.4. The van der Waals surface area contributed by atoms with E-state index in [2.05, 4.69) is 6.07 Å². The molecule has 0 heterocycles. The number of esters is 1. The van der Waals surface area contributed by atoms with Crippen molar-refractivity contribution in [3.8, 4) is 6.07 Å². The first-order chi connectivity index (χ1) is 6.70. The number of hydrogen-bond donors (Lipinski definition) is 0. The molecule has 0 unspecified atom stereocenters. The van der Waals surface area contributed by atoms with Crippen molar-refractivity contribution in [2.75, 3.05) is 26.7 Å². The number of rotatable bonds is 6. The van der Waals surface area contributed by atoms with Gasteiger partial charge in [-0.05, 0) is 14.0 Å². The highest BCUT2D eigenvalue weighted by atomic mass is 16.5. The SMILES string of the molecule is CCOC(=O)/C=C/CN(C)CCC#N. The zero-order chi connectivity index (χ0) is 10.8. The van der Waals surface area contributed by atoms with Crippen molar-refractivity contribution in [3.63, 3.8) is 0 Å². The Morgan fingerprint density at radius 1 is 1.64 bits per heavy atom. The third-order valence-electron chi connectivity index (χ3n) is 1.56. The van der Waals surface area contributed by atoms with Crippen LogP contribution < -0.4 is 0 Å². The second-order valence-corrected chi connectivity index (χ2v) is 2.82. The molecule has 4 heteroatoms. The summed E-state index contributed by atoms with van der Waals surface area (Å²) in [4.78, 5) is 12.8. The van der Waals surface area contributed by atoms with Crippen molar-refractivity contribution >= 4 is 5.97 Å². The molecule has 0 atom stereocenters. The lowest BCUT2D eigenvalue weighted by Gasteiger charge is -2.10. The van der Waals surface area contributed by atoms with Crippen molar-refractivity contribution in [1.29, 1.82) is 5.26 Å². The van der Waals surface area contributed by atoms with Gasteiger partial charge in [0.2, 0.25) is 0 Å². The van der Waals surface area contributed by atoms with Crippen LogP contribution in [0.4, 0.5) is 0 Å². The molecule has 0 aromatic carbocycles. The largest absolute Gasteiger partial charge is 0.463 e. The Morgan fingerprint density at radius 3 is 2.93 bits per heavy atom. The standard InChI is InChI=1S/C10H16N2O2/c1-3-14-10(13)6-4-8-12(2)9-5-7-11/h4,6H,3,5,8-9H2,1-2H3/b6-4+. The molecule has 0 fully saturated rings. The summed E-state index contributed by atoms with van der Waals surface area (Å²) in [7, 11) is 1.90. The molecule has 0 N–H and O–H groups in total. The molecular weight excluding hydrogens is 180 g/mol. The highest BCUT2D eigenvalue weighted by Gasteiger charge is 1.95. The lowest BCUT2D eigenvalue weighted by Crippen LogP contribution is -2.19. The van der Waals surface area contributed by atoms with E-state index in [9.17, 15) is 4.79 Å². The minimum atomic E-state index is -0.318. The van der Waals surface area contributed by atoms with E-state index < -0.39 is 0 Å². The van der Waals surface area contributed by atoms with Crippen LogP contribution in [0.5, 0.6) is 0 Å². The van der Waals surface area contributed by atoms with Crippen LogP contribution in [0.3, 0.4) is 0 Å². The van der Waals surface area contributed by atoms with E-state index in [0.717, 1.165) is 0 Å². The summed E-state index contributed by atoms with van der Waals surface area (Å²) in [6.07, 6.45) is 3.64. The van der Waals surface area contributed by atoms with Crippen molar-refractivity contribution in [2.24, 2.45) is 0 Å². The van der Waals surface area contributed by atoms with Crippen LogP contribution in [0.15, 0.2) is 12.2 Å². The summed E-state index contributed by atoms with van der Waals surface area (Å²) in [5.74, 6) is -0.318. The smallest absolute Gasteiger partial charge is 0.330 e. The molecule has 78 valence electrons. The fraction of sp³-hybridized carbons (Fsp3) is 0.600. The normalized spacial score (nSPS) is 10.4. The van der Waals surface area contributed by atoms with Gasteiger partial charge in [0, 0.05) is 25.6 Å². The number of carbonyl (C=O) groups is 1. The number of likely N-dealkylation sites (N-methyl/N-ethyl adjacent to an activating group) is 1. The topological polar surface area (TPSA) is 53.3 Å². The molecule has 0 amide bonds. The number of carbonyl (C=O) groups excluding carboxylic acids is 1. The zero-order valence-corrected chi connectivity index (χ0v) is 8.69. The third-order valence-corrected chi connectivity index (χ3v) is 1.56. The van der Waals surface area contributed by atoms with Crippen molar-refractivity contribution in [1.82, 2.24) is 4.90 Å². The van der Waals surface area contributed by atoms with Gasteiger partial charge < -0.3 is 9.64 Å². The zero-order valence-electron chi connectivity index (χ0n) is 8.69. The van der Waals surface area contributed by atoms with E-state index in [-0.39, 0.29) is 5.97 Å². The number of nitrogens with zero attached hydrogens (tertiary/aromatic N) is 2. The van der Waals surface area contributed by atoms with E-state index in [1.54, 1.807) is 13.0 Å². The van der Waals surface area contributed by atoms with Gasteiger partial charge in [-0.3, -0.25) is 0 Å². The molecule has 0 aliphatic heterocycles. The minimum Gasteiger partial charge on any atom is -0.463 e. The van der Waals surface area contributed by atoms with Gasteiger partial charge in [-0.2, -0.15) is 5.26 Å². The highest BCUT2D eigenvalue weighted by Crippen LogP contribution is 1.88. The first-order valence-electron chi connectivity index (χ1n) is 4.59. The quantitative estimate of drug-likeness (QED) is 0.469. The van der Waals surface area contributed by atoms with E-state index >= 15 is 0 Å². The second-order valence-electron chi connectivity index (χ2n) is 2.82. The Balaban J connectivity index is 3.60. The fourth-order valence-electron chi connectivity index (χ4n) is 0.851. The Morgan fingerprint density at radius 2 is 2.36 bits per heavy atom. The van der Waals surface area contributed by atoms with Crippen LogP contribution in [-0.2, 0) is 9.53 Å². The number of ether oxygens (including phenoxy) is 1.